The second kappa shape index (κ2) is 13.7. The van der Waals surface area contributed by atoms with Gasteiger partial charge in [-0.1, -0.05) is 91.0 Å². The summed E-state index contributed by atoms with van der Waals surface area (Å²) >= 11 is 0. The van der Waals surface area contributed by atoms with E-state index in [1.165, 1.54) is 0 Å². The maximum atomic E-state index is 13.3. The minimum Gasteiger partial charge on any atom is -0.436 e. The summed E-state index contributed by atoms with van der Waals surface area (Å²) in [7, 11) is 1.69. The molecule has 0 bridgehead atoms. The molecule has 8 heteroatoms. The first-order chi connectivity index (χ1) is 20.9. The number of aromatic nitrogens is 2. The van der Waals surface area contributed by atoms with Crippen LogP contribution in [-0.2, 0) is 26.2 Å². The number of methoxy groups -OCH3 is 1. The summed E-state index contributed by atoms with van der Waals surface area (Å²) in [6.45, 7) is 3.23. The third-order valence-electron chi connectivity index (χ3n) is 8.54. The lowest BCUT2D eigenvalue weighted by molar-refractivity contribution is -0.143. The van der Waals surface area contributed by atoms with Crippen LogP contribution in [0.1, 0.15) is 53.8 Å². The van der Waals surface area contributed by atoms with Gasteiger partial charge in [0.15, 0.2) is 6.10 Å². The van der Waals surface area contributed by atoms with Crippen LogP contribution in [-0.4, -0.2) is 58.9 Å². The number of ether oxygens (including phenoxy) is 2. The van der Waals surface area contributed by atoms with E-state index in [1.54, 1.807) is 12.0 Å². The van der Waals surface area contributed by atoms with E-state index in [0.717, 1.165) is 40.9 Å². The van der Waals surface area contributed by atoms with Crippen LogP contribution < -0.4 is 5.73 Å². The first-order valence-corrected chi connectivity index (χ1v) is 14.9. The Morgan fingerprint density at radius 3 is 1.88 bits per heavy atom. The summed E-state index contributed by atoms with van der Waals surface area (Å²) in [5.74, 6) is -0.202. The monoisotopic (exact) mass is 580 g/mol. The fourth-order valence-corrected chi connectivity index (χ4v) is 6.33. The van der Waals surface area contributed by atoms with Crippen molar-refractivity contribution in [1.82, 2.24) is 14.5 Å². The highest BCUT2D eigenvalue weighted by atomic mass is 16.6. The molecule has 1 atom stereocenters. The van der Waals surface area contributed by atoms with Gasteiger partial charge in [0.2, 0.25) is 0 Å². The third-order valence-corrected chi connectivity index (χ3v) is 8.54. The van der Waals surface area contributed by atoms with Crippen LogP contribution in [0, 0.1) is 6.92 Å². The molecule has 224 valence electrons. The normalized spacial score (nSPS) is 14.8. The summed E-state index contributed by atoms with van der Waals surface area (Å²) in [5, 5.41) is 0. The Balaban J connectivity index is 1.43. The van der Waals surface area contributed by atoms with Gasteiger partial charge in [-0.3, -0.25) is 4.79 Å². The molecule has 3 aromatic carbocycles. The Kier molecular flexibility index (Phi) is 9.57. The Hall–Kier alpha value is -4.43. The number of nitrogens with two attached hydrogens (primary N) is 1. The SMILES string of the molecule is COC1CCN(C(=O)C(CCCc2ncn(C(c3ccccc3)(c3ccccc3)c3ccccc3)c2C)OC(N)=O)CC1. The molecular weight excluding hydrogens is 540 g/mol. The quantitative estimate of drug-likeness (QED) is 0.238. The van der Waals surface area contributed by atoms with E-state index in [9.17, 15) is 9.59 Å². The number of rotatable bonds is 11. The lowest BCUT2D eigenvalue weighted by Crippen LogP contribution is -2.47. The van der Waals surface area contributed by atoms with Crippen LogP contribution in [0.4, 0.5) is 4.79 Å². The minimum absolute atomic E-state index is 0.146. The zero-order chi connectivity index (χ0) is 30.2. The molecule has 1 saturated heterocycles. The highest BCUT2D eigenvalue weighted by Gasteiger charge is 2.39. The van der Waals surface area contributed by atoms with E-state index in [2.05, 4.69) is 84.3 Å². The standard InChI is InChI=1S/C35H40N4O4/c1-26-31(19-12-20-32(43-34(36)41)33(40)38-23-21-30(42-2)22-24-38)37-25-39(26)35(27-13-6-3-7-14-27,28-15-8-4-9-16-28)29-17-10-5-11-18-29/h3-11,13-18,25,30,32H,12,19-24H2,1-2H3,(H2,36,41). The number of carbonyl (C=O) groups is 2. The summed E-state index contributed by atoms with van der Waals surface area (Å²) in [6, 6.07) is 31.4. The predicted molar refractivity (Wildman–Crippen MR) is 166 cm³/mol. The maximum absolute atomic E-state index is 13.3. The number of carbonyl (C=O) groups excluding carboxylic acids is 2. The van der Waals surface area contributed by atoms with Crippen molar-refractivity contribution in [3.63, 3.8) is 0 Å². The molecule has 2 N–H and O–H groups in total. The summed E-state index contributed by atoms with van der Waals surface area (Å²) in [6.07, 6.45) is 3.30. The number of imidazole rings is 1. The molecule has 4 aromatic rings. The van der Waals surface area contributed by atoms with Crippen LogP contribution in [0.2, 0.25) is 0 Å². The van der Waals surface area contributed by atoms with Crippen molar-refractivity contribution < 1.29 is 19.1 Å². The first kappa shape index (κ1) is 30.0. The van der Waals surface area contributed by atoms with Crippen LogP contribution in [0.5, 0.6) is 0 Å². The summed E-state index contributed by atoms with van der Waals surface area (Å²) in [4.78, 5) is 31.6. The highest BCUT2D eigenvalue weighted by molar-refractivity contribution is 5.83. The van der Waals surface area contributed by atoms with Gasteiger partial charge in [-0.05, 0) is 55.7 Å². The van der Waals surface area contributed by atoms with E-state index in [4.69, 9.17) is 20.2 Å². The van der Waals surface area contributed by atoms with Gasteiger partial charge in [-0.2, -0.15) is 0 Å². The number of piperidine rings is 1. The number of aryl methyl sites for hydroxylation is 1. The molecule has 2 amide bonds. The number of nitrogens with zero attached hydrogens (tertiary/aromatic N) is 3. The Labute approximate surface area is 253 Å². The Bertz CT molecular complexity index is 1390. The number of amides is 2. The van der Waals surface area contributed by atoms with Crippen LogP contribution in [0.15, 0.2) is 97.3 Å². The molecule has 1 aliphatic rings. The molecule has 2 heterocycles. The van der Waals surface area contributed by atoms with Crippen molar-refractivity contribution in [2.45, 2.75) is 56.8 Å². The topological polar surface area (TPSA) is 99.7 Å². The summed E-state index contributed by atoms with van der Waals surface area (Å²) in [5.41, 5.74) is 10.0. The van der Waals surface area contributed by atoms with Crippen LogP contribution in [0.25, 0.3) is 0 Å². The van der Waals surface area contributed by atoms with Crippen molar-refractivity contribution in [1.29, 1.82) is 0 Å². The van der Waals surface area contributed by atoms with Gasteiger partial charge in [0, 0.05) is 25.9 Å². The van der Waals surface area contributed by atoms with Gasteiger partial charge in [0.25, 0.3) is 5.91 Å². The van der Waals surface area contributed by atoms with Gasteiger partial charge < -0.3 is 24.7 Å². The maximum Gasteiger partial charge on any atom is 0.405 e. The van der Waals surface area contributed by atoms with Crippen LogP contribution >= 0.6 is 0 Å². The van der Waals surface area contributed by atoms with E-state index in [-0.39, 0.29) is 12.0 Å². The lowest BCUT2D eigenvalue weighted by Gasteiger charge is -2.38. The van der Waals surface area contributed by atoms with Crippen molar-refractivity contribution >= 4 is 12.0 Å². The minimum atomic E-state index is -0.941. The van der Waals surface area contributed by atoms with Crippen molar-refractivity contribution in [2.24, 2.45) is 5.73 Å². The molecule has 0 saturated carbocycles. The van der Waals surface area contributed by atoms with Crippen molar-refractivity contribution in [3.05, 3.63) is 125 Å². The molecule has 43 heavy (non-hydrogen) atoms. The number of benzene rings is 3. The fraction of sp³-hybridized carbons (Fsp3) is 0.343. The largest absolute Gasteiger partial charge is 0.436 e. The van der Waals surface area contributed by atoms with Crippen molar-refractivity contribution in [2.75, 3.05) is 20.2 Å². The molecule has 8 nitrogen and oxygen atoms in total. The van der Waals surface area contributed by atoms with Gasteiger partial charge in [-0.15, -0.1) is 0 Å². The Morgan fingerprint density at radius 1 is 0.907 bits per heavy atom. The molecule has 0 spiro atoms. The van der Waals surface area contributed by atoms with Crippen molar-refractivity contribution in [3.8, 4) is 0 Å². The average Bonchev–Trinajstić information content (AvgIpc) is 3.42. The molecule has 1 aromatic heterocycles. The predicted octanol–water partition coefficient (Wildman–Crippen LogP) is 5.46. The number of hydrogen-bond donors (Lipinski definition) is 1. The van der Waals surface area contributed by atoms with E-state index in [1.807, 2.05) is 24.5 Å². The molecule has 1 fully saturated rings. The molecule has 0 radical (unpaired) electrons. The zero-order valence-electron chi connectivity index (χ0n) is 24.9. The van der Waals surface area contributed by atoms with Gasteiger partial charge >= 0.3 is 6.09 Å². The molecule has 1 unspecified atom stereocenters. The number of primary amides is 1. The Morgan fingerprint density at radius 2 is 1.42 bits per heavy atom. The molecule has 0 aliphatic carbocycles. The second-order valence-corrected chi connectivity index (χ2v) is 11.0. The van der Waals surface area contributed by atoms with E-state index < -0.39 is 17.7 Å². The van der Waals surface area contributed by atoms with Gasteiger partial charge in [-0.25, -0.2) is 9.78 Å². The first-order valence-electron chi connectivity index (χ1n) is 14.9. The number of likely N-dealkylation sites (tertiary alicyclic amines) is 1. The van der Waals surface area contributed by atoms with E-state index >= 15 is 0 Å². The smallest absolute Gasteiger partial charge is 0.405 e. The van der Waals surface area contributed by atoms with Gasteiger partial charge in [0.1, 0.15) is 5.54 Å². The average molecular weight is 581 g/mol. The molecular formula is C35H40N4O4. The van der Waals surface area contributed by atoms with Crippen LogP contribution in [0.3, 0.4) is 0 Å². The zero-order valence-corrected chi connectivity index (χ0v) is 24.9. The third kappa shape index (κ3) is 6.34. The number of hydrogen-bond acceptors (Lipinski definition) is 5. The fourth-order valence-electron chi connectivity index (χ4n) is 6.33. The summed E-state index contributed by atoms with van der Waals surface area (Å²) < 4.78 is 13.0. The molecule has 5 rings (SSSR count). The van der Waals surface area contributed by atoms with Gasteiger partial charge in [0.05, 0.1) is 18.1 Å². The second-order valence-electron chi connectivity index (χ2n) is 11.0. The lowest BCUT2D eigenvalue weighted by atomic mass is 9.76. The van der Waals surface area contributed by atoms with E-state index in [0.29, 0.717) is 32.4 Å². The molecule has 1 aliphatic heterocycles. The highest BCUT2D eigenvalue weighted by Crippen LogP contribution is 2.42.